The first-order valence-corrected chi connectivity index (χ1v) is 10.3. The Morgan fingerprint density at radius 3 is 2.19 bits per heavy atom. The molecule has 4 rings (SSSR count). The van der Waals surface area contributed by atoms with Crippen LogP contribution < -0.4 is 15.0 Å². The minimum atomic E-state index is -0.371. The molecule has 0 atom stereocenters. The molecule has 5 heteroatoms. The molecule has 0 bridgehead atoms. The smallest absolute Gasteiger partial charge is 0.282 e. The normalized spacial score (nSPS) is 13.7. The highest BCUT2D eigenvalue weighted by molar-refractivity contribution is 6.46. The molecule has 2 amide bonds. The highest BCUT2D eigenvalue weighted by Gasteiger charge is 2.40. The molecule has 0 aromatic heterocycles. The summed E-state index contributed by atoms with van der Waals surface area (Å²) in [7, 11) is 0. The Labute approximate surface area is 182 Å². The van der Waals surface area contributed by atoms with Gasteiger partial charge in [0, 0.05) is 5.69 Å². The maximum absolute atomic E-state index is 13.5. The summed E-state index contributed by atoms with van der Waals surface area (Å²) in [6.45, 7) is 4.56. The summed E-state index contributed by atoms with van der Waals surface area (Å²) in [5, 5.41) is 3.17. The van der Waals surface area contributed by atoms with Crippen LogP contribution in [0.5, 0.6) is 5.75 Å². The van der Waals surface area contributed by atoms with E-state index in [1.54, 1.807) is 6.07 Å². The maximum Gasteiger partial charge on any atom is 0.282 e. The third-order valence-electron chi connectivity index (χ3n) is 5.10. The lowest BCUT2D eigenvalue weighted by molar-refractivity contribution is -0.120. The first kappa shape index (κ1) is 20.4. The monoisotopic (exact) mass is 412 g/mol. The van der Waals surface area contributed by atoms with Gasteiger partial charge in [-0.3, -0.25) is 9.59 Å². The molecule has 0 radical (unpaired) electrons. The molecule has 1 N–H and O–H groups in total. The van der Waals surface area contributed by atoms with Gasteiger partial charge in [-0.25, -0.2) is 4.90 Å². The number of para-hydroxylation sites is 2. The number of carbonyl (C=O) groups excluding carboxylic acids is 2. The first-order valence-electron chi connectivity index (χ1n) is 10.3. The number of rotatable bonds is 7. The van der Waals surface area contributed by atoms with Crippen molar-refractivity contribution in [2.24, 2.45) is 0 Å². The van der Waals surface area contributed by atoms with Crippen LogP contribution in [0.1, 0.15) is 24.5 Å². The van der Waals surface area contributed by atoms with E-state index in [0.717, 1.165) is 23.4 Å². The molecule has 0 unspecified atom stereocenters. The molecular formula is C26H24N2O3. The Morgan fingerprint density at radius 2 is 1.52 bits per heavy atom. The Morgan fingerprint density at radius 1 is 0.839 bits per heavy atom. The molecule has 1 aliphatic rings. The Bertz CT molecular complexity index is 1130. The molecule has 3 aromatic rings. The second-order valence-corrected chi connectivity index (χ2v) is 7.35. The zero-order chi connectivity index (χ0) is 21.8. The summed E-state index contributed by atoms with van der Waals surface area (Å²) in [6, 6.07) is 24.1. The number of aryl methyl sites for hydroxylation is 1. The van der Waals surface area contributed by atoms with E-state index in [1.807, 2.05) is 86.6 Å². The molecular weight excluding hydrogens is 388 g/mol. The zero-order valence-electron chi connectivity index (χ0n) is 17.6. The molecule has 0 saturated carbocycles. The Hall–Kier alpha value is -3.86. The van der Waals surface area contributed by atoms with Crippen LogP contribution >= 0.6 is 0 Å². The van der Waals surface area contributed by atoms with Gasteiger partial charge < -0.3 is 10.1 Å². The highest BCUT2D eigenvalue weighted by Crippen LogP contribution is 2.35. The molecule has 31 heavy (non-hydrogen) atoms. The summed E-state index contributed by atoms with van der Waals surface area (Å²) < 4.78 is 5.66. The zero-order valence-corrected chi connectivity index (χ0v) is 17.6. The average Bonchev–Trinajstić information content (AvgIpc) is 3.03. The fourth-order valence-corrected chi connectivity index (χ4v) is 3.55. The standard InChI is InChI=1S/C26H24N2O3/c1-3-17-31-21-15-13-19(14-16-21)23-24(27-20-10-5-4-6-11-20)26(30)28(25(23)29)22-12-8-7-9-18(22)2/h4-16,27H,3,17H2,1-2H3. The number of hydrogen-bond acceptors (Lipinski definition) is 4. The molecule has 0 aliphatic carbocycles. The van der Waals surface area contributed by atoms with E-state index >= 15 is 0 Å². The molecule has 0 saturated heterocycles. The number of benzene rings is 3. The topological polar surface area (TPSA) is 58.6 Å². The van der Waals surface area contributed by atoms with Crippen molar-refractivity contribution >= 4 is 28.8 Å². The predicted octanol–water partition coefficient (Wildman–Crippen LogP) is 5.18. The number of imide groups is 1. The number of ether oxygens (including phenoxy) is 1. The number of anilines is 2. The van der Waals surface area contributed by atoms with Crippen LogP contribution in [0.2, 0.25) is 0 Å². The van der Waals surface area contributed by atoms with Crippen molar-refractivity contribution in [2.75, 3.05) is 16.8 Å². The van der Waals surface area contributed by atoms with Crippen molar-refractivity contribution in [3.05, 3.63) is 95.7 Å². The van der Waals surface area contributed by atoms with E-state index < -0.39 is 0 Å². The van der Waals surface area contributed by atoms with Crippen LogP contribution in [-0.4, -0.2) is 18.4 Å². The van der Waals surface area contributed by atoms with Crippen molar-refractivity contribution in [1.29, 1.82) is 0 Å². The third kappa shape index (κ3) is 4.08. The lowest BCUT2D eigenvalue weighted by Crippen LogP contribution is -2.33. The average molecular weight is 412 g/mol. The van der Waals surface area contributed by atoms with Gasteiger partial charge in [0.25, 0.3) is 11.8 Å². The fourth-order valence-electron chi connectivity index (χ4n) is 3.55. The van der Waals surface area contributed by atoms with Gasteiger partial charge in [0.1, 0.15) is 11.4 Å². The SMILES string of the molecule is CCCOc1ccc(C2=C(Nc3ccccc3)C(=O)N(c3ccccc3C)C2=O)cc1. The van der Waals surface area contributed by atoms with E-state index in [-0.39, 0.29) is 17.5 Å². The summed E-state index contributed by atoms with van der Waals surface area (Å²) in [5.74, 6) is 0.0146. The van der Waals surface area contributed by atoms with E-state index in [9.17, 15) is 9.59 Å². The van der Waals surface area contributed by atoms with Gasteiger partial charge in [-0.2, -0.15) is 0 Å². The summed E-state index contributed by atoms with van der Waals surface area (Å²) in [6.07, 6.45) is 0.913. The van der Waals surface area contributed by atoms with Gasteiger partial charge in [-0.05, 0) is 54.8 Å². The quantitative estimate of drug-likeness (QED) is 0.543. The van der Waals surface area contributed by atoms with Crippen LogP contribution in [0.4, 0.5) is 11.4 Å². The lowest BCUT2D eigenvalue weighted by Gasteiger charge is -2.17. The van der Waals surface area contributed by atoms with Crippen LogP contribution in [0, 0.1) is 6.92 Å². The summed E-state index contributed by atoms with van der Waals surface area (Å²) in [4.78, 5) is 28.2. The summed E-state index contributed by atoms with van der Waals surface area (Å²) in [5.41, 5.74) is 3.46. The van der Waals surface area contributed by atoms with Crippen LogP contribution in [0.25, 0.3) is 5.57 Å². The minimum absolute atomic E-state index is 0.265. The van der Waals surface area contributed by atoms with Crippen LogP contribution in [0.3, 0.4) is 0 Å². The minimum Gasteiger partial charge on any atom is -0.494 e. The third-order valence-corrected chi connectivity index (χ3v) is 5.10. The van der Waals surface area contributed by atoms with Crippen LogP contribution in [0.15, 0.2) is 84.6 Å². The Balaban J connectivity index is 1.77. The van der Waals surface area contributed by atoms with Crippen LogP contribution in [-0.2, 0) is 9.59 Å². The molecule has 0 spiro atoms. The molecule has 156 valence electrons. The lowest BCUT2D eigenvalue weighted by atomic mass is 10.0. The van der Waals surface area contributed by atoms with Crippen molar-refractivity contribution in [2.45, 2.75) is 20.3 Å². The highest BCUT2D eigenvalue weighted by atomic mass is 16.5. The van der Waals surface area contributed by atoms with Gasteiger partial charge in [-0.15, -0.1) is 0 Å². The van der Waals surface area contributed by atoms with Gasteiger partial charge in [0.15, 0.2) is 0 Å². The molecule has 1 aliphatic heterocycles. The van der Waals surface area contributed by atoms with Gasteiger partial charge in [-0.1, -0.05) is 55.5 Å². The Kier molecular flexibility index (Phi) is 5.85. The van der Waals surface area contributed by atoms with E-state index in [1.165, 1.54) is 4.90 Å². The van der Waals surface area contributed by atoms with E-state index in [0.29, 0.717) is 23.4 Å². The van der Waals surface area contributed by atoms with Crippen molar-refractivity contribution < 1.29 is 14.3 Å². The van der Waals surface area contributed by atoms with Gasteiger partial charge in [0.05, 0.1) is 17.9 Å². The largest absolute Gasteiger partial charge is 0.494 e. The number of amides is 2. The number of nitrogens with one attached hydrogen (secondary N) is 1. The fraction of sp³-hybridized carbons (Fsp3) is 0.154. The summed E-state index contributed by atoms with van der Waals surface area (Å²) >= 11 is 0. The maximum atomic E-state index is 13.5. The molecule has 3 aromatic carbocycles. The number of hydrogen-bond donors (Lipinski definition) is 1. The number of carbonyl (C=O) groups is 2. The van der Waals surface area contributed by atoms with Gasteiger partial charge in [0.2, 0.25) is 0 Å². The van der Waals surface area contributed by atoms with Gasteiger partial charge >= 0.3 is 0 Å². The second-order valence-electron chi connectivity index (χ2n) is 7.35. The predicted molar refractivity (Wildman–Crippen MR) is 123 cm³/mol. The molecule has 0 fully saturated rings. The molecule has 1 heterocycles. The second kappa shape index (κ2) is 8.88. The van der Waals surface area contributed by atoms with Crippen molar-refractivity contribution in [3.63, 3.8) is 0 Å². The van der Waals surface area contributed by atoms with E-state index in [2.05, 4.69) is 5.32 Å². The van der Waals surface area contributed by atoms with Crippen molar-refractivity contribution in [1.82, 2.24) is 0 Å². The number of nitrogens with zero attached hydrogens (tertiary/aromatic N) is 1. The van der Waals surface area contributed by atoms with E-state index in [4.69, 9.17) is 4.74 Å². The molecule has 5 nitrogen and oxygen atoms in total. The van der Waals surface area contributed by atoms with Crippen molar-refractivity contribution in [3.8, 4) is 5.75 Å². The first-order chi connectivity index (χ1) is 15.1.